The highest BCUT2D eigenvalue weighted by molar-refractivity contribution is 8.00. The van der Waals surface area contributed by atoms with Gasteiger partial charge in [-0.05, 0) is 25.0 Å². The molecule has 3 nitrogen and oxygen atoms in total. The molecule has 5 heteroatoms. The van der Waals surface area contributed by atoms with Crippen LogP contribution in [0.2, 0.25) is 0 Å². The first kappa shape index (κ1) is 13.6. The van der Waals surface area contributed by atoms with E-state index in [2.05, 4.69) is 16.4 Å². The standard InChI is InChI=1S/C15H16N2OS2/c18-15(13-9-19-10-16-13)17-12-7-3-4-8-14(12)20-11-5-1-2-6-11/h3-4,7-11H,1-2,5-6H2,(H,17,18). The Kier molecular flexibility index (Phi) is 4.38. The zero-order valence-electron chi connectivity index (χ0n) is 11.0. The molecule has 2 aromatic rings. The number of nitrogens with one attached hydrogen (secondary N) is 1. The minimum absolute atomic E-state index is 0.134. The molecule has 0 aliphatic heterocycles. The lowest BCUT2D eigenvalue weighted by atomic mass is 10.3. The van der Waals surface area contributed by atoms with Gasteiger partial charge in [0.2, 0.25) is 0 Å². The Morgan fingerprint density at radius 3 is 2.85 bits per heavy atom. The number of carbonyl (C=O) groups excluding carboxylic acids is 1. The van der Waals surface area contributed by atoms with Crippen LogP contribution < -0.4 is 5.32 Å². The molecule has 0 atom stereocenters. The molecule has 0 saturated heterocycles. The molecule has 3 rings (SSSR count). The monoisotopic (exact) mass is 304 g/mol. The van der Waals surface area contributed by atoms with Gasteiger partial charge in [0.15, 0.2) is 0 Å². The number of rotatable bonds is 4. The molecule has 20 heavy (non-hydrogen) atoms. The number of aromatic nitrogens is 1. The smallest absolute Gasteiger partial charge is 0.275 e. The van der Waals surface area contributed by atoms with Crippen molar-refractivity contribution in [1.82, 2.24) is 4.98 Å². The van der Waals surface area contributed by atoms with Crippen LogP contribution in [0.25, 0.3) is 0 Å². The number of thioether (sulfide) groups is 1. The molecule has 1 N–H and O–H groups in total. The highest BCUT2D eigenvalue weighted by Gasteiger charge is 2.18. The van der Waals surface area contributed by atoms with E-state index in [4.69, 9.17) is 0 Å². The van der Waals surface area contributed by atoms with Crippen molar-refractivity contribution >= 4 is 34.7 Å². The second-order valence-corrected chi connectivity index (χ2v) is 6.91. The van der Waals surface area contributed by atoms with Crippen LogP contribution in [-0.4, -0.2) is 16.1 Å². The minimum atomic E-state index is -0.134. The van der Waals surface area contributed by atoms with Crippen molar-refractivity contribution < 1.29 is 4.79 Å². The molecular weight excluding hydrogens is 288 g/mol. The highest BCUT2D eigenvalue weighted by atomic mass is 32.2. The van der Waals surface area contributed by atoms with Crippen molar-refractivity contribution in [2.45, 2.75) is 35.8 Å². The van der Waals surface area contributed by atoms with Crippen LogP contribution in [0.1, 0.15) is 36.2 Å². The first-order valence-electron chi connectivity index (χ1n) is 6.78. The Hall–Kier alpha value is -1.33. The fourth-order valence-electron chi connectivity index (χ4n) is 2.37. The Bertz CT molecular complexity index is 577. The van der Waals surface area contributed by atoms with Crippen LogP contribution in [0.15, 0.2) is 40.1 Å². The zero-order chi connectivity index (χ0) is 13.8. The third kappa shape index (κ3) is 3.22. The average Bonchev–Trinajstić information content (AvgIpc) is 3.13. The predicted molar refractivity (Wildman–Crippen MR) is 84.6 cm³/mol. The zero-order valence-corrected chi connectivity index (χ0v) is 12.7. The lowest BCUT2D eigenvalue weighted by Crippen LogP contribution is -2.13. The van der Waals surface area contributed by atoms with Gasteiger partial charge in [-0.3, -0.25) is 4.79 Å². The number of nitrogens with zero attached hydrogens (tertiary/aromatic N) is 1. The van der Waals surface area contributed by atoms with Crippen LogP contribution in [0, 0.1) is 0 Å². The summed E-state index contributed by atoms with van der Waals surface area (Å²) in [5, 5.41) is 5.42. The third-order valence-electron chi connectivity index (χ3n) is 3.40. The van der Waals surface area contributed by atoms with E-state index < -0.39 is 0 Å². The van der Waals surface area contributed by atoms with Gasteiger partial charge >= 0.3 is 0 Å². The fraction of sp³-hybridized carbons (Fsp3) is 0.333. The molecule has 0 spiro atoms. The maximum absolute atomic E-state index is 12.1. The first-order valence-corrected chi connectivity index (χ1v) is 8.60. The third-order valence-corrected chi connectivity index (χ3v) is 5.40. The maximum Gasteiger partial charge on any atom is 0.275 e. The van der Waals surface area contributed by atoms with E-state index in [0.717, 1.165) is 10.6 Å². The van der Waals surface area contributed by atoms with Crippen molar-refractivity contribution in [2.75, 3.05) is 5.32 Å². The SMILES string of the molecule is O=C(Nc1ccccc1SC1CCCC1)c1cscn1. The summed E-state index contributed by atoms with van der Waals surface area (Å²) in [5.74, 6) is -0.134. The topological polar surface area (TPSA) is 42.0 Å². The van der Waals surface area contributed by atoms with E-state index >= 15 is 0 Å². The van der Waals surface area contributed by atoms with Crippen molar-refractivity contribution in [2.24, 2.45) is 0 Å². The second-order valence-electron chi connectivity index (χ2n) is 4.85. The number of carbonyl (C=O) groups is 1. The van der Waals surface area contributed by atoms with Crippen LogP contribution >= 0.6 is 23.1 Å². The Balaban J connectivity index is 1.73. The van der Waals surface area contributed by atoms with Crippen molar-refractivity contribution in [3.63, 3.8) is 0 Å². The second kappa shape index (κ2) is 6.41. The summed E-state index contributed by atoms with van der Waals surface area (Å²) >= 11 is 3.32. The van der Waals surface area contributed by atoms with Crippen LogP contribution in [0.4, 0.5) is 5.69 Å². The summed E-state index contributed by atoms with van der Waals surface area (Å²) < 4.78 is 0. The van der Waals surface area contributed by atoms with Gasteiger partial charge in [0.1, 0.15) is 5.69 Å². The number of para-hydroxylation sites is 1. The quantitative estimate of drug-likeness (QED) is 0.908. The summed E-state index contributed by atoms with van der Waals surface area (Å²) in [6.45, 7) is 0. The molecule has 1 amide bonds. The lowest BCUT2D eigenvalue weighted by molar-refractivity contribution is 0.102. The van der Waals surface area contributed by atoms with E-state index in [-0.39, 0.29) is 5.91 Å². The molecular formula is C15H16N2OS2. The summed E-state index contributed by atoms with van der Waals surface area (Å²) in [4.78, 5) is 17.3. The molecule has 0 bridgehead atoms. The Morgan fingerprint density at radius 2 is 2.10 bits per heavy atom. The Labute approximate surface area is 126 Å². The molecule has 1 aromatic carbocycles. The molecule has 1 saturated carbocycles. The molecule has 0 radical (unpaired) electrons. The van der Waals surface area contributed by atoms with Crippen LogP contribution in [0.5, 0.6) is 0 Å². The van der Waals surface area contributed by atoms with Crippen LogP contribution in [0.3, 0.4) is 0 Å². The van der Waals surface area contributed by atoms with Gasteiger partial charge in [-0.25, -0.2) is 4.98 Å². The number of amides is 1. The molecule has 1 heterocycles. The number of anilines is 1. The van der Waals surface area contributed by atoms with Gasteiger partial charge in [0.05, 0.1) is 11.2 Å². The highest BCUT2D eigenvalue weighted by Crippen LogP contribution is 2.38. The number of thiazole rings is 1. The van der Waals surface area contributed by atoms with E-state index in [9.17, 15) is 4.79 Å². The molecule has 1 fully saturated rings. The summed E-state index contributed by atoms with van der Waals surface area (Å²) in [7, 11) is 0. The number of benzene rings is 1. The average molecular weight is 304 g/mol. The van der Waals surface area contributed by atoms with E-state index in [1.54, 1.807) is 10.9 Å². The van der Waals surface area contributed by atoms with Crippen molar-refractivity contribution in [3.8, 4) is 0 Å². The largest absolute Gasteiger partial charge is 0.320 e. The van der Waals surface area contributed by atoms with Gasteiger partial charge in [-0.1, -0.05) is 25.0 Å². The van der Waals surface area contributed by atoms with Crippen molar-refractivity contribution in [1.29, 1.82) is 0 Å². The van der Waals surface area contributed by atoms with E-state index in [1.165, 1.54) is 37.0 Å². The molecule has 0 unspecified atom stereocenters. The number of hydrogen-bond acceptors (Lipinski definition) is 4. The first-order chi connectivity index (χ1) is 9.83. The van der Waals surface area contributed by atoms with Gasteiger partial charge in [0.25, 0.3) is 5.91 Å². The van der Waals surface area contributed by atoms with Gasteiger partial charge in [-0.15, -0.1) is 23.1 Å². The van der Waals surface area contributed by atoms with Gasteiger partial charge in [0, 0.05) is 15.5 Å². The fourth-order valence-corrected chi connectivity index (χ4v) is 4.23. The maximum atomic E-state index is 12.1. The van der Waals surface area contributed by atoms with Crippen LogP contribution in [-0.2, 0) is 0 Å². The normalized spacial score (nSPS) is 15.4. The van der Waals surface area contributed by atoms with Crippen molar-refractivity contribution in [3.05, 3.63) is 40.8 Å². The molecule has 1 aliphatic carbocycles. The molecule has 1 aromatic heterocycles. The van der Waals surface area contributed by atoms with E-state index in [0.29, 0.717) is 10.9 Å². The molecule has 104 valence electrons. The lowest BCUT2D eigenvalue weighted by Gasteiger charge is -2.13. The molecule has 1 aliphatic rings. The Morgan fingerprint density at radius 1 is 1.30 bits per heavy atom. The predicted octanol–water partition coefficient (Wildman–Crippen LogP) is 4.43. The van der Waals surface area contributed by atoms with E-state index in [1.807, 2.05) is 30.0 Å². The summed E-state index contributed by atoms with van der Waals surface area (Å²) in [5.41, 5.74) is 3.05. The van der Waals surface area contributed by atoms with Gasteiger partial charge in [-0.2, -0.15) is 0 Å². The minimum Gasteiger partial charge on any atom is -0.320 e. The summed E-state index contributed by atoms with van der Waals surface area (Å²) in [6, 6.07) is 8.02. The number of hydrogen-bond donors (Lipinski definition) is 1. The summed E-state index contributed by atoms with van der Waals surface area (Å²) in [6.07, 6.45) is 5.20. The van der Waals surface area contributed by atoms with Gasteiger partial charge < -0.3 is 5.32 Å².